The van der Waals surface area contributed by atoms with E-state index in [9.17, 15) is 26.7 Å². The predicted octanol–water partition coefficient (Wildman–Crippen LogP) is 6.80. The number of anilines is 1. The van der Waals surface area contributed by atoms with Crippen LogP contribution in [-0.2, 0) is 11.4 Å². The molecule has 5 rings (SSSR count). The van der Waals surface area contributed by atoms with Crippen LogP contribution in [0.4, 0.5) is 27.6 Å². The lowest BCUT2D eigenvalue weighted by atomic mass is 10.1. The highest BCUT2D eigenvalue weighted by Gasteiger charge is 2.37. The second-order valence-electron chi connectivity index (χ2n) is 8.07. The first-order valence-corrected chi connectivity index (χ1v) is 11.5. The first kappa shape index (κ1) is 25.8. The molecule has 3 aromatic carbocycles. The van der Waals surface area contributed by atoms with E-state index in [1.165, 1.54) is 25.1 Å². The molecule has 0 saturated carbocycles. The van der Waals surface area contributed by atoms with Crippen LogP contribution in [0.1, 0.15) is 18.1 Å². The quantitative estimate of drug-likeness (QED) is 0.146. The van der Waals surface area contributed by atoms with E-state index >= 15 is 0 Å². The highest BCUT2D eigenvalue weighted by atomic mass is 35.5. The van der Waals surface area contributed by atoms with Crippen LogP contribution in [0.25, 0.3) is 6.08 Å². The Morgan fingerprint density at radius 1 is 0.947 bits per heavy atom. The molecule has 1 amide bonds. The molecule has 6 nitrogen and oxygen atoms in total. The van der Waals surface area contributed by atoms with E-state index in [-0.39, 0.29) is 51.1 Å². The van der Waals surface area contributed by atoms with Gasteiger partial charge >= 0.3 is 0 Å². The van der Waals surface area contributed by atoms with Gasteiger partial charge in [0.25, 0.3) is 5.91 Å². The summed E-state index contributed by atoms with van der Waals surface area (Å²) in [5.74, 6) is -10.9. The van der Waals surface area contributed by atoms with Gasteiger partial charge in [0.05, 0.1) is 21.3 Å². The molecule has 0 aliphatic carbocycles. The number of hydrazone groups is 1. The molecule has 0 bridgehead atoms. The monoisotopic (exact) mass is 570 g/mol. The van der Waals surface area contributed by atoms with Crippen molar-refractivity contribution in [1.82, 2.24) is 0 Å². The van der Waals surface area contributed by atoms with E-state index in [4.69, 9.17) is 37.4 Å². The Morgan fingerprint density at radius 3 is 2.21 bits per heavy atom. The van der Waals surface area contributed by atoms with Crippen molar-refractivity contribution in [2.75, 3.05) is 11.8 Å². The molecule has 0 aromatic heterocycles. The summed E-state index contributed by atoms with van der Waals surface area (Å²) in [6.07, 6.45) is 1.26. The molecule has 0 N–H and O–H groups in total. The van der Waals surface area contributed by atoms with Crippen LogP contribution >= 0.6 is 23.2 Å². The Balaban J connectivity index is 1.40. The maximum Gasteiger partial charge on any atom is 0.280 e. The van der Waals surface area contributed by atoms with Gasteiger partial charge in [-0.3, -0.25) is 4.79 Å². The van der Waals surface area contributed by atoms with Gasteiger partial charge in [-0.05, 0) is 48.4 Å². The molecule has 3 aromatic rings. The Hall–Kier alpha value is -3.83. The number of hydrogen-bond acceptors (Lipinski definition) is 5. The Labute approximate surface area is 221 Å². The number of amides is 1. The maximum absolute atomic E-state index is 14.3. The fourth-order valence-corrected chi connectivity index (χ4v) is 4.38. The number of rotatable bonds is 5. The lowest BCUT2D eigenvalue weighted by molar-refractivity contribution is -0.114. The third-order valence-electron chi connectivity index (χ3n) is 5.61. The molecular weight excluding hydrogens is 558 g/mol. The molecule has 0 saturated heterocycles. The van der Waals surface area contributed by atoms with Gasteiger partial charge < -0.3 is 14.2 Å². The molecule has 0 spiro atoms. The van der Waals surface area contributed by atoms with E-state index in [1.54, 1.807) is 18.2 Å². The van der Waals surface area contributed by atoms with Gasteiger partial charge in [0, 0.05) is 0 Å². The third-order valence-corrected chi connectivity index (χ3v) is 6.17. The molecule has 13 heteroatoms. The smallest absolute Gasteiger partial charge is 0.280 e. The van der Waals surface area contributed by atoms with Crippen molar-refractivity contribution in [2.24, 2.45) is 5.10 Å². The number of halogens is 7. The highest BCUT2D eigenvalue weighted by Crippen LogP contribution is 2.38. The number of nitrogens with zero attached hydrogens (tertiary/aromatic N) is 2. The van der Waals surface area contributed by atoms with Crippen molar-refractivity contribution in [1.29, 1.82) is 0 Å². The Kier molecular flexibility index (Phi) is 6.66. The number of hydrogen-bond donors (Lipinski definition) is 0. The van der Waals surface area contributed by atoms with Gasteiger partial charge in [-0.1, -0.05) is 29.3 Å². The van der Waals surface area contributed by atoms with Crippen molar-refractivity contribution in [2.45, 2.75) is 13.5 Å². The molecule has 2 aliphatic rings. The van der Waals surface area contributed by atoms with Crippen molar-refractivity contribution in [3.63, 3.8) is 0 Å². The molecule has 2 aliphatic heterocycles. The van der Waals surface area contributed by atoms with Crippen LogP contribution in [0.3, 0.4) is 0 Å². The fourth-order valence-electron chi connectivity index (χ4n) is 3.77. The number of carbonyl (C=O) groups excluding carboxylic acids is 1. The van der Waals surface area contributed by atoms with Crippen LogP contribution in [0.5, 0.6) is 17.2 Å². The lowest BCUT2D eigenvalue weighted by Gasteiger charge is -2.15. The van der Waals surface area contributed by atoms with E-state index in [1.807, 2.05) is 0 Å². The average molecular weight is 571 g/mol. The average Bonchev–Trinajstić information content (AvgIpc) is 3.45. The summed E-state index contributed by atoms with van der Waals surface area (Å²) in [5.41, 5.74) is -0.682. The third kappa shape index (κ3) is 4.41. The van der Waals surface area contributed by atoms with E-state index in [2.05, 4.69) is 5.10 Å². The molecule has 38 heavy (non-hydrogen) atoms. The summed E-state index contributed by atoms with van der Waals surface area (Å²) in [6.45, 7) is 1.54. The number of fused-ring (bicyclic) bond motifs is 1. The molecule has 2 heterocycles. The topological polar surface area (TPSA) is 60.4 Å². The van der Waals surface area contributed by atoms with Crippen LogP contribution in [-0.4, -0.2) is 18.4 Å². The maximum atomic E-state index is 14.3. The van der Waals surface area contributed by atoms with Crippen molar-refractivity contribution in [3.8, 4) is 17.2 Å². The van der Waals surface area contributed by atoms with Crippen LogP contribution < -0.4 is 19.2 Å². The van der Waals surface area contributed by atoms with Gasteiger partial charge in [-0.15, -0.1) is 0 Å². The molecule has 196 valence electrons. The van der Waals surface area contributed by atoms with Crippen molar-refractivity contribution in [3.05, 3.63) is 86.2 Å². The standard InChI is InChI=1S/C25H13Cl2F5N2O4/c1-10-13(25(35)34(33-10)23-21(31)19(29)18(28)20(30)22(23)32)4-12-5-14(26)24(15(27)6-12)36-8-11-2-3-16-17(7-11)38-9-37-16/h2-7H,8-9H2,1H3/b13-4+. The molecule has 0 atom stereocenters. The minimum absolute atomic E-state index is 0.0469. The van der Waals surface area contributed by atoms with Crippen molar-refractivity contribution < 1.29 is 41.0 Å². The van der Waals surface area contributed by atoms with Gasteiger partial charge in [-0.2, -0.15) is 10.1 Å². The van der Waals surface area contributed by atoms with E-state index in [0.29, 0.717) is 11.5 Å². The summed E-state index contributed by atoms with van der Waals surface area (Å²) in [5, 5.41) is 3.97. The summed E-state index contributed by atoms with van der Waals surface area (Å²) in [6, 6.07) is 8.08. The van der Waals surface area contributed by atoms with Gasteiger partial charge in [0.1, 0.15) is 12.3 Å². The zero-order valence-electron chi connectivity index (χ0n) is 19.1. The number of benzene rings is 3. The lowest BCUT2D eigenvalue weighted by Crippen LogP contribution is -2.25. The molecule has 0 unspecified atom stereocenters. The van der Waals surface area contributed by atoms with Gasteiger partial charge in [0.2, 0.25) is 12.6 Å². The highest BCUT2D eigenvalue weighted by molar-refractivity contribution is 6.37. The minimum Gasteiger partial charge on any atom is -0.486 e. The first-order chi connectivity index (χ1) is 18.1. The van der Waals surface area contributed by atoms with E-state index in [0.717, 1.165) is 5.56 Å². The minimum atomic E-state index is -2.35. The number of carbonyl (C=O) groups is 1. The van der Waals surface area contributed by atoms with Crippen LogP contribution in [0.2, 0.25) is 10.0 Å². The largest absolute Gasteiger partial charge is 0.486 e. The SMILES string of the molecule is CC1=NN(c2c(F)c(F)c(F)c(F)c2F)C(=O)/C1=C/c1cc(Cl)c(OCc2ccc3c(c2)OCO3)c(Cl)c1. The Morgan fingerprint density at radius 2 is 1.55 bits per heavy atom. The zero-order valence-corrected chi connectivity index (χ0v) is 20.6. The fraction of sp³-hybridized carbons (Fsp3) is 0.120. The Bertz CT molecular complexity index is 1530. The van der Waals surface area contributed by atoms with Crippen LogP contribution in [0.15, 0.2) is 41.0 Å². The second-order valence-corrected chi connectivity index (χ2v) is 8.88. The molecule has 0 radical (unpaired) electrons. The normalized spacial score (nSPS) is 15.5. The van der Waals surface area contributed by atoms with Gasteiger partial charge in [-0.25, -0.2) is 22.0 Å². The number of ether oxygens (including phenoxy) is 3. The molecular formula is C25H13Cl2F5N2O4. The zero-order chi connectivity index (χ0) is 27.3. The summed E-state index contributed by atoms with van der Waals surface area (Å²) >= 11 is 12.7. The second kappa shape index (κ2) is 9.80. The first-order valence-electron chi connectivity index (χ1n) is 10.7. The van der Waals surface area contributed by atoms with Crippen LogP contribution in [0, 0.1) is 29.1 Å². The van der Waals surface area contributed by atoms with Crippen molar-refractivity contribution >= 4 is 46.6 Å². The summed E-state index contributed by atoms with van der Waals surface area (Å²) < 4.78 is 85.6. The van der Waals surface area contributed by atoms with E-state index < -0.39 is 40.7 Å². The summed E-state index contributed by atoms with van der Waals surface area (Å²) in [4.78, 5) is 12.9. The molecule has 0 fully saturated rings. The predicted molar refractivity (Wildman–Crippen MR) is 128 cm³/mol. The summed E-state index contributed by atoms with van der Waals surface area (Å²) in [7, 11) is 0. The van der Waals surface area contributed by atoms with Gasteiger partial charge in [0.15, 0.2) is 40.5 Å².